The van der Waals surface area contributed by atoms with Crippen LogP contribution in [0.4, 0.5) is 8.78 Å². The third-order valence-corrected chi connectivity index (χ3v) is 4.92. The molecule has 2 unspecified atom stereocenters. The van der Waals surface area contributed by atoms with Crippen LogP contribution in [0.15, 0.2) is 24.3 Å². The van der Waals surface area contributed by atoms with Crippen molar-refractivity contribution in [3.05, 3.63) is 35.4 Å². The maximum Gasteiger partial charge on any atom is 0.253 e. The Bertz CT molecular complexity index is 573. The van der Waals surface area contributed by atoms with Crippen LogP contribution in [-0.4, -0.2) is 41.9 Å². The summed E-state index contributed by atoms with van der Waals surface area (Å²) in [4.78, 5) is 14.1. The van der Waals surface area contributed by atoms with Crippen LogP contribution >= 0.6 is 0 Å². The topological polar surface area (TPSA) is 44.4 Å². The number of halogens is 2. The van der Waals surface area contributed by atoms with E-state index < -0.39 is 5.92 Å². The average molecular weight is 323 g/mol. The molecule has 6 heteroatoms. The Balaban J connectivity index is 1.76. The van der Waals surface area contributed by atoms with Crippen molar-refractivity contribution in [2.75, 3.05) is 13.1 Å². The smallest absolute Gasteiger partial charge is 0.253 e. The third-order valence-electron chi connectivity index (χ3n) is 4.92. The van der Waals surface area contributed by atoms with Crippen molar-refractivity contribution in [2.24, 2.45) is 0 Å². The van der Waals surface area contributed by atoms with Crippen molar-refractivity contribution in [2.45, 2.75) is 50.6 Å². The molecule has 1 aromatic rings. The summed E-state index contributed by atoms with van der Waals surface area (Å²) in [5.74, 6) is -2.51. The molecule has 0 spiro atoms. The number of amides is 1. The van der Waals surface area contributed by atoms with Crippen LogP contribution in [0, 0.1) is 0 Å². The van der Waals surface area contributed by atoms with E-state index in [1.807, 2.05) is 18.2 Å². The summed E-state index contributed by atoms with van der Waals surface area (Å²) < 4.78 is 26.5. The van der Waals surface area contributed by atoms with E-state index in [1.165, 1.54) is 4.90 Å². The minimum atomic E-state index is -2.63. The molecule has 4 nitrogen and oxygen atoms in total. The van der Waals surface area contributed by atoms with Gasteiger partial charge in [0.05, 0.1) is 0 Å². The molecule has 1 aromatic carbocycles. The number of hydrogen-bond acceptors (Lipinski definition) is 3. The molecule has 2 saturated heterocycles. The van der Waals surface area contributed by atoms with Gasteiger partial charge in [-0.2, -0.15) is 0 Å². The monoisotopic (exact) mass is 323 g/mol. The molecular weight excluding hydrogens is 300 g/mol. The number of hydrogen-bond donors (Lipinski definition) is 2. The fourth-order valence-electron chi connectivity index (χ4n) is 3.55. The molecule has 0 radical (unpaired) electrons. The zero-order valence-electron chi connectivity index (χ0n) is 13.5. The standard InChI is InChI=1S/C17H23F2N3O/c1-11-15(12(2)21-20-11)13-4-3-5-14(10-13)16(23)22-8-6-17(18,19)7-9-22/h3-5,10-12,15,20-21H,6-9H2,1-2H3. The Morgan fingerprint density at radius 2 is 1.78 bits per heavy atom. The first kappa shape index (κ1) is 16.3. The Morgan fingerprint density at radius 1 is 1.17 bits per heavy atom. The molecule has 2 heterocycles. The largest absolute Gasteiger partial charge is 0.338 e. The first-order chi connectivity index (χ1) is 10.9. The summed E-state index contributed by atoms with van der Waals surface area (Å²) in [6.07, 6.45) is -0.494. The predicted molar refractivity (Wildman–Crippen MR) is 84.5 cm³/mol. The summed E-state index contributed by atoms with van der Waals surface area (Å²) in [6.45, 7) is 4.44. The molecule has 1 amide bonds. The number of nitrogens with one attached hydrogen (secondary N) is 2. The summed E-state index contributed by atoms with van der Waals surface area (Å²) in [6, 6.07) is 8.10. The van der Waals surface area contributed by atoms with Crippen LogP contribution < -0.4 is 10.9 Å². The second kappa shape index (κ2) is 6.17. The summed E-state index contributed by atoms with van der Waals surface area (Å²) in [7, 11) is 0. The number of likely N-dealkylation sites (tertiary alicyclic amines) is 1. The second-order valence-electron chi connectivity index (χ2n) is 6.67. The number of rotatable bonds is 2. The maximum atomic E-state index is 13.2. The molecule has 126 valence electrons. The molecule has 0 aliphatic carbocycles. The van der Waals surface area contributed by atoms with E-state index in [2.05, 4.69) is 24.7 Å². The molecule has 0 bridgehead atoms. The van der Waals surface area contributed by atoms with E-state index in [0.717, 1.165) is 5.56 Å². The van der Waals surface area contributed by atoms with Crippen molar-refractivity contribution in [3.63, 3.8) is 0 Å². The van der Waals surface area contributed by atoms with Crippen molar-refractivity contribution in [1.29, 1.82) is 0 Å². The van der Waals surface area contributed by atoms with Gasteiger partial charge in [-0.3, -0.25) is 15.6 Å². The highest BCUT2D eigenvalue weighted by molar-refractivity contribution is 5.94. The lowest BCUT2D eigenvalue weighted by Gasteiger charge is -2.32. The molecular formula is C17H23F2N3O. The van der Waals surface area contributed by atoms with Crippen LogP contribution in [0.25, 0.3) is 0 Å². The average Bonchev–Trinajstić information content (AvgIpc) is 2.86. The Kier molecular flexibility index (Phi) is 4.38. The van der Waals surface area contributed by atoms with E-state index in [-0.39, 0.29) is 49.8 Å². The van der Waals surface area contributed by atoms with Gasteiger partial charge in [-0.1, -0.05) is 12.1 Å². The molecule has 2 N–H and O–H groups in total. The number of alkyl halides is 2. The minimum absolute atomic E-state index is 0.120. The molecule has 0 saturated carbocycles. The molecule has 2 atom stereocenters. The third kappa shape index (κ3) is 3.38. The zero-order valence-corrected chi connectivity index (χ0v) is 13.5. The van der Waals surface area contributed by atoms with E-state index in [0.29, 0.717) is 5.56 Å². The highest BCUT2D eigenvalue weighted by Gasteiger charge is 2.36. The van der Waals surface area contributed by atoms with Crippen LogP contribution in [0.3, 0.4) is 0 Å². The molecule has 2 aliphatic heterocycles. The van der Waals surface area contributed by atoms with Gasteiger partial charge in [0, 0.05) is 49.5 Å². The summed E-state index contributed by atoms with van der Waals surface area (Å²) in [5.41, 5.74) is 8.10. The van der Waals surface area contributed by atoms with E-state index in [4.69, 9.17) is 0 Å². The van der Waals surface area contributed by atoms with Gasteiger partial charge in [0.15, 0.2) is 0 Å². The highest BCUT2D eigenvalue weighted by Crippen LogP contribution is 2.30. The first-order valence-corrected chi connectivity index (χ1v) is 8.15. The van der Waals surface area contributed by atoms with Crippen LogP contribution in [0.5, 0.6) is 0 Å². The zero-order chi connectivity index (χ0) is 16.6. The van der Waals surface area contributed by atoms with Gasteiger partial charge >= 0.3 is 0 Å². The Morgan fingerprint density at radius 3 is 2.39 bits per heavy atom. The van der Waals surface area contributed by atoms with Crippen molar-refractivity contribution in [3.8, 4) is 0 Å². The van der Waals surface area contributed by atoms with Crippen molar-refractivity contribution < 1.29 is 13.6 Å². The number of benzene rings is 1. The fraction of sp³-hybridized carbons (Fsp3) is 0.588. The first-order valence-electron chi connectivity index (χ1n) is 8.15. The lowest BCUT2D eigenvalue weighted by Crippen LogP contribution is -2.42. The highest BCUT2D eigenvalue weighted by atomic mass is 19.3. The quantitative estimate of drug-likeness (QED) is 0.879. The number of nitrogens with zero attached hydrogens (tertiary/aromatic N) is 1. The van der Waals surface area contributed by atoms with Gasteiger partial charge in [-0.15, -0.1) is 0 Å². The van der Waals surface area contributed by atoms with Gasteiger partial charge in [-0.25, -0.2) is 8.78 Å². The second-order valence-corrected chi connectivity index (χ2v) is 6.67. The predicted octanol–water partition coefficient (Wildman–Crippen LogP) is 2.53. The molecule has 2 fully saturated rings. The van der Waals surface area contributed by atoms with Crippen LogP contribution in [-0.2, 0) is 0 Å². The van der Waals surface area contributed by atoms with Gasteiger partial charge in [0.25, 0.3) is 11.8 Å². The minimum Gasteiger partial charge on any atom is -0.338 e. The Hall–Kier alpha value is -1.53. The lowest BCUT2D eigenvalue weighted by atomic mass is 9.88. The maximum absolute atomic E-state index is 13.2. The summed E-state index contributed by atoms with van der Waals surface area (Å²) >= 11 is 0. The van der Waals surface area contributed by atoms with Crippen LogP contribution in [0.2, 0.25) is 0 Å². The van der Waals surface area contributed by atoms with Crippen molar-refractivity contribution in [1.82, 2.24) is 15.8 Å². The molecule has 0 aromatic heterocycles. The summed E-state index contributed by atoms with van der Waals surface area (Å²) in [5, 5.41) is 0. The molecule has 23 heavy (non-hydrogen) atoms. The fourth-order valence-corrected chi connectivity index (χ4v) is 3.55. The number of carbonyl (C=O) groups excluding carboxylic acids is 1. The van der Waals surface area contributed by atoms with Gasteiger partial charge in [-0.05, 0) is 31.5 Å². The van der Waals surface area contributed by atoms with Crippen molar-refractivity contribution >= 4 is 5.91 Å². The Labute approximate surface area is 135 Å². The SMILES string of the molecule is CC1NNC(C)C1c1cccc(C(=O)N2CCC(F)(F)CC2)c1. The lowest BCUT2D eigenvalue weighted by molar-refractivity contribution is -0.0494. The number of piperidine rings is 1. The normalized spacial score (nSPS) is 30.4. The van der Waals surface area contributed by atoms with E-state index in [9.17, 15) is 13.6 Å². The van der Waals surface area contributed by atoms with E-state index in [1.54, 1.807) is 6.07 Å². The number of hydrazine groups is 1. The molecule has 2 aliphatic rings. The van der Waals surface area contributed by atoms with Gasteiger partial charge in [0.2, 0.25) is 0 Å². The van der Waals surface area contributed by atoms with Gasteiger partial charge < -0.3 is 4.90 Å². The van der Waals surface area contributed by atoms with E-state index >= 15 is 0 Å². The molecule has 3 rings (SSSR count). The van der Waals surface area contributed by atoms with Gasteiger partial charge in [0.1, 0.15) is 0 Å². The number of carbonyl (C=O) groups is 1. The van der Waals surface area contributed by atoms with Crippen LogP contribution in [0.1, 0.15) is 48.5 Å².